The molecule has 0 aliphatic heterocycles. The van der Waals surface area contributed by atoms with Crippen molar-refractivity contribution in [3.8, 4) is 5.75 Å². The summed E-state index contributed by atoms with van der Waals surface area (Å²) in [4.78, 5) is 28.4. The third-order valence-electron chi connectivity index (χ3n) is 5.00. The monoisotopic (exact) mass is 473 g/mol. The molecule has 2 aromatic carbocycles. The lowest BCUT2D eigenvalue weighted by Gasteiger charge is -2.18. The Hall–Kier alpha value is -3.37. The molecule has 9 nitrogen and oxygen atoms in total. The van der Waals surface area contributed by atoms with Gasteiger partial charge in [-0.1, -0.05) is 18.2 Å². The van der Waals surface area contributed by atoms with Crippen LogP contribution in [0.1, 0.15) is 29.8 Å². The molecular weight excluding hydrogens is 446 g/mol. The van der Waals surface area contributed by atoms with E-state index in [1.807, 2.05) is 24.3 Å². The van der Waals surface area contributed by atoms with Gasteiger partial charge in [0.15, 0.2) is 0 Å². The smallest absolute Gasteiger partial charge is 0.328 e. The van der Waals surface area contributed by atoms with Gasteiger partial charge in [0.2, 0.25) is 10.0 Å². The van der Waals surface area contributed by atoms with E-state index in [0.717, 1.165) is 16.5 Å². The van der Waals surface area contributed by atoms with Gasteiger partial charge in [0.1, 0.15) is 16.7 Å². The number of aromatic amines is 1. The maximum atomic E-state index is 13.0. The summed E-state index contributed by atoms with van der Waals surface area (Å²) in [5.74, 6) is -1.13. The Kier molecular flexibility index (Phi) is 7.39. The van der Waals surface area contributed by atoms with Crippen molar-refractivity contribution in [3.63, 3.8) is 0 Å². The number of amides is 1. The molecule has 1 amide bonds. The van der Waals surface area contributed by atoms with Crippen molar-refractivity contribution < 1.29 is 27.5 Å². The van der Waals surface area contributed by atoms with E-state index < -0.39 is 27.9 Å². The average Bonchev–Trinajstić information content (AvgIpc) is 3.19. The van der Waals surface area contributed by atoms with Gasteiger partial charge in [-0.25, -0.2) is 17.9 Å². The molecule has 0 bridgehead atoms. The van der Waals surface area contributed by atoms with E-state index in [4.69, 9.17) is 9.47 Å². The zero-order chi connectivity index (χ0) is 24.2. The van der Waals surface area contributed by atoms with Crippen molar-refractivity contribution in [2.45, 2.75) is 37.2 Å². The van der Waals surface area contributed by atoms with Gasteiger partial charge in [-0.15, -0.1) is 0 Å². The number of carbonyl (C=O) groups excluding carboxylic acids is 2. The third-order valence-corrected chi connectivity index (χ3v) is 6.68. The molecule has 1 atom stereocenters. The van der Waals surface area contributed by atoms with Gasteiger partial charge in [-0.05, 0) is 43.7 Å². The molecule has 0 aliphatic rings. The molecule has 0 spiro atoms. The Morgan fingerprint density at radius 1 is 1.09 bits per heavy atom. The van der Waals surface area contributed by atoms with E-state index in [9.17, 15) is 18.0 Å². The number of methoxy groups -OCH3 is 2. The number of fused-ring (bicyclic) bond motifs is 1. The normalized spacial score (nSPS) is 12.5. The van der Waals surface area contributed by atoms with Crippen molar-refractivity contribution in [1.29, 1.82) is 0 Å². The molecule has 0 radical (unpaired) electrons. The van der Waals surface area contributed by atoms with E-state index in [0.29, 0.717) is 0 Å². The van der Waals surface area contributed by atoms with Crippen LogP contribution in [0.5, 0.6) is 5.75 Å². The molecule has 0 saturated carbocycles. The summed E-state index contributed by atoms with van der Waals surface area (Å²) in [6, 6.07) is 10.3. The van der Waals surface area contributed by atoms with E-state index in [1.165, 1.54) is 32.4 Å². The molecule has 0 saturated heterocycles. The second-order valence-corrected chi connectivity index (χ2v) is 9.44. The number of esters is 1. The van der Waals surface area contributed by atoms with Crippen LogP contribution in [0.3, 0.4) is 0 Å². The highest BCUT2D eigenvalue weighted by Gasteiger charge is 2.26. The summed E-state index contributed by atoms with van der Waals surface area (Å²) in [5, 5.41) is 3.59. The van der Waals surface area contributed by atoms with Crippen molar-refractivity contribution in [3.05, 3.63) is 59.8 Å². The molecule has 176 valence electrons. The van der Waals surface area contributed by atoms with Crippen molar-refractivity contribution in [1.82, 2.24) is 15.0 Å². The number of carbonyl (C=O) groups is 2. The predicted molar refractivity (Wildman–Crippen MR) is 124 cm³/mol. The molecule has 1 aromatic heterocycles. The van der Waals surface area contributed by atoms with Crippen LogP contribution >= 0.6 is 0 Å². The number of sulfonamides is 1. The lowest BCUT2D eigenvalue weighted by atomic mass is 10.0. The number of hydrogen-bond acceptors (Lipinski definition) is 6. The quantitative estimate of drug-likeness (QED) is 0.410. The van der Waals surface area contributed by atoms with Crippen LogP contribution in [0.4, 0.5) is 0 Å². The Bertz CT molecular complexity index is 1270. The van der Waals surface area contributed by atoms with Crippen LogP contribution in [0.15, 0.2) is 53.6 Å². The molecule has 3 aromatic rings. The second-order valence-electron chi connectivity index (χ2n) is 7.75. The van der Waals surface area contributed by atoms with Crippen molar-refractivity contribution >= 4 is 32.8 Å². The number of aromatic nitrogens is 1. The number of hydrogen-bond donors (Lipinski definition) is 3. The fourth-order valence-electron chi connectivity index (χ4n) is 3.50. The van der Waals surface area contributed by atoms with Crippen molar-refractivity contribution in [2.75, 3.05) is 14.2 Å². The molecule has 10 heteroatoms. The van der Waals surface area contributed by atoms with Crippen LogP contribution < -0.4 is 14.8 Å². The highest BCUT2D eigenvalue weighted by Crippen LogP contribution is 2.25. The largest absolute Gasteiger partial charge is 0.495 e. The first-order chi connectivity index (χ1) is 15.7. The highest BCUT2D eigenvalue weighted by atomic mass is 32.2. The second kappa shape index (κ2) is 10.1. The standard InChI is InChI=1S/C23H27N3O6S/c1-14(2)26-33(29,30)21-12-15(9-10-20(21)31-3)22(27)25-19(23(28)32-4)11-16-13-24-18-8-6-5-7-17(16)18/h5-10,12-14,19,24,26H,11H2,1-4H3,(H,25,27)/t19-/m1/s1. The summed E-state index contributed by atoms with van der Waals surface area (Å²) in [7, 11) is -1.34. The van der Waals surface area contributed by atoms with Gasteiger partial charge in [-0.3, -0.25) is 4.79 Å². The molecule has 1 heterocycles. The zero-order valence-corrected chi connectivity index (χ0v) is 19.7. The third kappa shape index (κ3) is 5.52. The van der Waals surface area contributed by atoms with Crippen LogP contribution in [0.2, 0.25) is 0 Å². The molecule has 33 heavy (non-hydrogen) atoms. The number of para-hydroxylation sites is 1. The zero-order valence-electron chi connectivity index (χ0n) is 18.8. The first-order valence-electron chi connectivity index (χ1n) is 10.3. The Morgan fingerprint density at radius 3 is 2.48 bits per heavy atom. The molecular formula is C23H27N3O6S. The molecule has 3 N–H and O–H groups in total. The van der Waals surface area contributed by atoms with Gasteiger partial charge < -0.3 is 19.8 Å². The summed E-state index contributed by atoms with van der Waals surface area (Å²) in [6.45, 7) is 3.37. The maximum Gasteiger partial charge on any atom is 0.328 e. The Balaban J connectivity index is 1.89. The van der Waals surface area contributed by atoms with E-state index >= 15 is 0 Å². The minimum Gasteiger partial charge on any atom is -0.495 e. The molecule has 0 unspecified atom stereocenters. The lowest BCUT2D eigenvalue weighted by molar-refractivity contribution is -0.142. The average molecular weight is 474 g/mol. The SMILES string of the molecule is COC(=O)[C@@H](Cc1c[nH]c2ccccc12)NC(=O)c1ccc(OC)c(S(=O)(=O)NC(C)C)c1. The number of nitrogens with one attached hydrogen (secondary N) is 3. The van der Waals surface area contributed by atoms with Crippen LogP contribution in [0, 0.1) is 0 Å². The molecule has 0 fully saturated rings. The Labute approximate surface area is 192 Å². The van der Waals surface area contributed by atoms with E-state index in [2.05, 4.69) is 15.0 Å². The summed E-state index contributed by atoms with van der Waals surface area (Å²) in [5.41, 5.74) is 1.80. The van der Waals surface area contributed by atoms with Crippen LogP contribution in [-0.2, 0) is 26.0 Å². The summed E-state index contributed by atoms with van der Waals surface area (Å²) < 4.78 is 37.9. The Morgan fingerprint density at radius 2 is 1.82 bits per heavy atom. The molecule has 0 aliphatic carbocycles. The topological polar surface area (TPSA) is 127 Å². The first kappa shape index (κ1) is 24.3. The fourth-order valence-corrected chi connectivity index (χ4v) is 4.95. The number of rotatable bonds is 9. The van der Waals surface area contributed by atoms with Crippen LogP contribution in [-0.4, -0.2) is 51.6 Å². The predicted octanol–water partition coefficient (Wildman–Crippen LogP) is 2.38. The van der Waals surface area contributed by atoms with E-state index in [-0.39, 0.29) is 28.7 Å². The van der Waals surface area contributed by atoms with Crippen molar-refractivity contribution in [2.24, 2.45) is 0 Å². The first-order valence-corrected chi connectivity index (χ1v) is 11.8. The van der Waals surface area contributed by atoms with Gasteiger partial charge >= 0.3 is 5.97 Å². The minimum atomic E-state index is -3.92. The summed E-state index contributed by atoms with van der Waals surface area (Å²) in [6.07, 6.45) is 1.97. The number of H-pyrrole nitrogens is 1. The maximum absolute atomic E-state index is 13.0. The number of ether oxygens (including phenoxy) is 2. The van der Waals surface area contributed by atoms with Gasteiger partial charge in [0.25, 0.3) is 5.91 Å². The van der Waals surface area contributed by atoms with Gasteiger partial charge in [0.05, 0.1) is 14.2 Å². The van der Waals surface area contributed by atoms with E-state index in [1.54, 1.807) is 20.0 Å². The van der Waals surface area contributed by atoms with Gasteiger partial charge in [-0.2, -0.15) is 0 Å². The van der Waals surface area contributed by atoms with Crippen LogP contribution in [0.25, 0.3) is 10.9 Å². The fraction of sp³-hybridized carbons (Fsp3) is 0.304. The summed E-state index contributed by atoms with van der Waals surface area (Å²) >= 11 is 0. The van der Waals surface area contributed by atoms with Gasteiger partial charge in [0, 0.05) is 35.1 Å². The molecule has 3 rings (SSSR count). The lowest BCUT2D eigenvalue weighted by Crippen LogP contribution is -2.43. The minimum absolute atomic E-state index is 0.0627. The highest BCUT2D eigenvalue weighted by molar-refractivity contribution is 7.89. The number of benzene rings is 2.